The highest BCUT2D eigenvalue weighted by atomic mass is 19.1. The molecule has 46 heavy (non-hydrogen) atoms. The van der Waals surface area contributed by atoms with E-state index in [0.717, 1.165) is 19.4 Å². The molecule has 6 rings (SSSR count). The van der Waals surface area contributed by atoms with Crippen LogP contribution in [0.2, 0.25) is 0 Å². The second-order valence-electron chi connectivity index (χ2n) is 13.0. The number of hydrogen-bond acceptors (Lipinski definition) is 8. The molecule has 2 aromatic heterocycles. The van der Waals surface area contributed by atoms with E-state index in [1.807, 2.05) is 14.0 Å². The largest absolute Gasteiger partial charge is 0.508 e. The number of likely N-dealkylation sites (tertiary alicyclic amines) is 1. The number of anilines is 1. The quantitative estimate of drug-likeness (QED) is 0.236. The molecule has 2 fully saturated rings. The number of nitrogens with zero attached hydrogens (tertiary/aromatic N) is 5. The number of aromatic hydroxyl groups is 1. The molecule has 8 nitrogen and oxygen atoms in total. The normalized spacial score (nSPS) is 22.3. The van der Waals surface area contributed by atoms with Crippen LogP contribution in [0.3, 0.4) is 0 Å². The van der Waals surface area contributed by atoms with Crippen molar-refractivity contribution in [2.24, 2.45) is 17.3 Å². The monoisotopic (exact) mass is 633 g/mol. The summed E-state index contributed by atoms with van der Waals surface area (Å²) in [5.74, 6) is 1.32. The van der Waals surface area contributed by atoms with Gasteiger partial charge < -0.3 is 24.4 Å². The first-order valence-electron chi connectivity index (χ1n) is 15.6. The lowest BCUT2D eigenvalue weighted by Gasteiger charge is -2.43. The van der Waals surface area contributed by atoms with E-state index in [1.165, 1.54) is 31.4 Å². The minimum absolute atomic E-state index is 0.0537. The molecule has 0 aliphatic carbocycles. The summed E-state index contributed by atoms with van der Waals surface area (Å²) in [6.07, 6.45) is 8.35. The summed E-state index contributed by atoms with van der Waals surface area (Å²) in [6.45, 7) is 6.57. The Labute approximate surface area is 266 Å². The third-order valence-electron chi connectivity index (χ3n) is 9.51. The molecule has 11 heteroatoms. The van der Waals surface area contributed by atoms with Gasteiger partial charge in [-0.05, 0) is 68.3 Å². The molecule has 2 saturated heterocycles. The van der Waals surface area contributed by atoms with Crippen LogP contribution < -0.4 is 14.4 Å². The van der Waals surface area contributed by atoms with Crippen molar-refractivity contribution < 1.29 is 27.8 Å². The SMILES string of the molecule is C#Cc1c(F)ccc2cc(O)cc(-c3nc(OC)c4c(N5CCC[C@@H](C)C5)nc(OC[C@]5(C)CN(C)CC[C@@H]5CF)nc4c3F)c12. The number of methoxy groups -OCH3 is 1. The minimum Gasteiger partial charge on any atom is -0.508 e. The van der Waals surface area contributed by atoms with Gasteiger partial charge in [0.15, 0.2) is 5.82 Å². The fourth-order valence-electron chi connectivity index (χ4n) is 7.06. The molecule has 0 radical (unpaired) electrons. The maximum atomic E-state index is 16.9. The smallest absolute Gasteiger partial charge is 0.319 e. The summed E-state index contributed by atoms with van der Waals surface area (Å²) >= 11 is 0. The molecule has 2 aliphatic rings. The Morgan fingerprint density at radius 2 is 1.93 bits per heavy atom. The molecule has 1 N–H and O–H groups in total. The fraction of sp³-hybridized carbons (Fsp3) is 0.457. The molecule has 3 atom stereocenters. The van der Waals surface area contributed by atoms with Crippen LogP contribution in [0.4, 0.5) is 19.0 Å². The molecule has 0 bridgehead atoms. The van der Waals surface area contributed by atoms with Crippen molar-refractivity contribution in [1.82, 2.24) is 19.9 Å². The number of piperidine rings is 2. The number of alkyl halides is 1. The van der Waals surface area contributed by atoms with Crippen LogP contribution >= 0.6 is 0 Å². The van der Waals surface area contributed by atoms with Gasteiger partial charge in [0, 0.05) is 36.0 Å². The first-order valence-corrected chi connectivity index (χ1v) is 15.6. The second-order valence-corrected chi connectivity index (χ2v) is 13.0. The number of rotatable bonds is 7. The maximum absolute atomic E-state index is 16.9. The number of pyridine rings is 1. The molecule has 242 valence electrons. The number of phenolic OH excluding ortho intramolecular Hbond substituents is 1. The van der Waals surface area contributed by atoms with E-state index in [4.69, 9.17) is 20.9 Å². The summed E-state index contributed by atoms with van der Waals surface area (Å²) in [5.41, 5.74) is -0.861. The summed E-state index contributed by atoms with van der Waals surface area (Å²) in [4.78, 5) is 18.1. The number of aromatic nitrogens is 3. The van der Waals surface area contributed by atoms with Crippen LogP contribution in [0.15, 0.2) is 24.3 Å². The van der Waals surface area contributed by atoms with Gasteiger partial charge in [0.1, 0.15) is 34.0 Å². The van der Waals surface area contributed by atoms with Crippen molar-refractivity contribution in [3.05, 3.63) is 41.5 Å². The predicted molar refractivity (Wildman–Crippen MR) is 172 cm³/mol. The van der Waals surface area contributed by atoms with Crippen LogP contribution in [0.1, 0.15) is 38.7 Å². The molecule has 0 unspecified atom stereocenters. The number of halogens is 3. The lowest BCUT2D eigenvalue weighted by atomic mass is 9.73. The van der Waals surface area contributed by atoms with E-state index in [2.05, 4.69) is 32.6 Å². The lowest BCUT2D eigenvalue weighted by Crippen LogP contribution is -2.49. The van der Waals surface area contributed by atoms with Gasteiger partial charge in [-0.25, -0.2) is 13.8 Å². The van der Waals surface area contributed by atoms with Gasteiger partial charge in [-0.3, -0.25) is 4.39 Å². The van der Waals surface area contributed by atoms with Crippen LogP contribution in [-0.4, -0.2) is 78.6 Å². The average molecular weight is 634 g/mol. The van der Waals surface area contributed by atoms with E-state index < -0.39 is 23.7 Å². The molecule has 4 aromatic rings. The number of benzene rings is 2. The molecule has 0 spiro atoms. The summed E-state index contributed by atoms with van der Waals surface area (Å²) in [7, 11) is 3.41. The number of ether oxygens (including phenoxy) is 2. The van der Waals surface area contributed by atoms with Crippen LogP contribution in [0, 0.1) is 41.2 Å². The molecule has 2 aromatic carbocycles. The van der Waals surface area contributed by atoms with Crippen LogP contribution in [0.25, 0.3) is 32.9 Å². The number of fused-ring (bicyclic) bond motifs is 2. The van der Waals surface area contributed by atoms with Crippen molar-refractivity contribution in [2.75, 3.05) is 58.5 Å². The molecule has 0 amide bonds. The first kappa shape index (κ1) is 31.7. The maximum Gasteiger partial charge on any atom is 0.319 e. The molecule has 4 heterocycles. The third kappa shape index (κ3) is 5.64. The van der Waals surface area contributed by atoms with Gasteiger partial charge in [0.25, 0.3) is 0 Å². The number of terminal acetylenes is 1. The Morgan fingerprint density at radius 3 is 2.65 bits per heavy atom. The van der Waals surface area contributed by atoms with E-state index in [0.29, 0.717) is 43.2 Å². The van der Waals surface area contributed by atoms with Gasteiger partial charge in [0.2, 0.25) is 5.88 Å². The Kier molecular flexibility index (Phi) is 8.59. The summed E-state index contributed by atoms with van der Waals surface area (Å²) in [6, 6.07) is 5.33. The van der Waals surface area contributed by atoms with Gasteiger partial charge >= 0.3 is 6.01 Å². The Bertz CT molecular complexity index is 1850. The van der Waals surface area contributed by atoms with Crippen molar-refractivity contribution in [3.8, 4) is 41.2 Å². The highest BCUT2D eigenvalue weighted by Gasteiger charge is 2.40. The second kappa shape index (κ2) is 12.5. The van der Waals surface area contributed by atoms with Crippen molar-refractivity contribution in [2.45, 2.75) is 33.1 Å². The van der Waals surface area contributed by atoms with Gasteiger partial charge in [-0.15, -0.1) is 6.42 Å². The van der Waals surface area contributed by atoms with Gasteiger partial charge in [-0.1, -0.05) is 25.8 Å². The Balaban J connectivity index is 1.57. The lowest BCUT2D eigenvalue weighted by molar-refractivity contribution is 0.000320. The van der Waals surface area contributed by atoms with E-state index in [1.54, 1.807) is 0 Å². The van der Waals surface area contributed by atoms with Crippen molar-refractivity contribution in [3.63, 3.8) is 0 Å². The van der Waals surface area contributed by atoms with Crippen molar-refractivity contribution >= 4 is 27.5 Å². The molecule has 2 aliphatic heterocycles. The zero-order valence-electron chi connectivity index (χ0n) is 26.5. The predicted octanol–water partition coefficient (Wildman–Crippen LogP) is 6.36. The molecular weight excluding hydrogens is 595 g/mol. The Morgan fingerprint density at radius 1 is 1.13 bits per heavy atom. The first-order chi connectivity index (χ1) is 22.1. The summed E-state index contributed by atoms with van der Waals surface area (Å²) < 4.78 is 57.9. The number of phenols is 1. The van der Waals surface area contributed by atoms with E-state index in [9.17, 15) is 13.9 Å². The zero-order chi connectivity index (χ0) is 32.7. The van der Waals surface area contributed by atoms with Crippen LogP contribution in [0.5, 0.6) is 17.6 Å². The zero-order valence-corrected chi connectivity index (χ0v) is 26.5. The van der Waals surface area contributed by atoms with Gasteiger partial charge in [-0.2, -0.15) is 9.97 Å². The van der Waals surface area contributed by atoms with E-state index >= 15 is 4.39 Å². The Hall–Kier alpha value is -4.30. The van der Waals surface area contributed by atoms with Crippen LogP contribution in [-0.2, 0) is 0 Å². The van der Waals surface area contributed by atoms with Gasteiger partial charge in [0.05, 0.1) is 26.0 Å². The summed E-state index contributed by atoms with van der Waals surface area (Å²) in [5, 5.41) is 11.5. The molecular formula is C35H38F3N5O3. The fourth-order valence-corrected chi connectivity index (χ4v) is 7.06. The van der Waals surface area contributed by atoms with Crippen molar-refractivity contribution in [1.29, 1.82) is 0 Å². The third-order valence-corrected chi connectivity index (χ3v) is 9.51. The standard InChI is InChI=1S/C35H38F3N5O3/c1-6-24-26(37)10-9-21-14-23(44)15-25(27(21)24)30-29(38)31-28(33(39-30)45-5)32(43-12-7-8-20(2)17-43)41-34(40-31)46-19-35(3)18-42(4)13-11-22(35)16-36/h1,9-10,14-15,20,22,44H,7-8,11-13,16-19H2,2-5H3/t20-,22-,35+/m1/s1. The minimum atomic E-state index is -0.835. The topological polar surface area (TPSA) is 83.8 Å². The highest BCUT2D eigenvalue weighted by Crippen LogP contribution is 2.43. The highest BCUT2D eigenvalue weighted by molar-refractivity contribution is 6.04. The average Bonchev–Trinajstić information content (AvgIpc) is 3.03. The number of hydrogen-bond donors (Lipinski definition) is 1. The molecule has 0 saturated carbocycles. The van der Waals surface area contributed by atoms with E-state index in [-0.39, 0.29) is 63.3 Å².